The van der Waals surface area contributed by atoms with Crippen molar-refractivity contribution >= 4 is 17.5 Å². The number of carbonyl (C=O) groups is 1. The van der Waals surface area contributed by atoms with Crippen molar-refractivity contribution < 1.29 is 4.79 Å². The van der Waals surface area contributed by atoms with Crippen LogP contribution in [0.4, 0.5) is 11.6 Å². The first-order valence-corrected chi connectivity index (χ1v) is 9.77. The average Bonchev–Trinajstić information content (AvgIpc) is 2.78. The Labute approximate surface area is 170 Å². The predicted octanol–water partition coefficient (Wildman–Crippen LogP) is 2.44. The van der Waals surface area contributed by atoms with Crippen molar-refractivity contribution in [3.8, 4) is 0 Å². The zero-order valence-corrected chi connectivity index (χ0v) is 16.5. The van der Waals surface area contributed by atoms with Gasteiger partial charge in [0.25, 0.3) is 5.91 Å². The van der Waals surface area contributed by atoms with E-state index in [-0.39, 0.29) is 5.91 Å². The average molecular weight is 388 g/mol. The van der Waals surface area contributed by atoms with E-state index in [2.05, 4.69) is 54.3 Å². The third-order valence-electron chi connectivity index (χ3n) is 4.96. The van der Waals surface area contributed by atoms with Gasteiger partial charge in [-0.2, -0.15) is 0 Å². The van der Waals surface area contributed by atoms with Crippen LogP contribution >= 0.6 is 0 Å². The van der Waals surface area contributed by atoms with Gasteiger partial charge in [-0.05, 0) is 42.8 Å². The highest BCUT2D eigenvalue weighted by molar-refractivity contribution is 5.92. The van der Waals surface area contributed by atoms with Crippen LogP contribution in [0, 0.1) is 6.92 Å². The maximum absolute atomic E-state index is 12.6. The predicted molar refractivity (Wildman–Crippen MR) is 113 cm³/mol. The molecule has 0 bridgehead atoms. The number of aryl methyl sites for hydroxylation is 1. The van der Waals surface area contributed by atoms with Gasteiger partial charge < -0.3 is 15.1 Å². The molecule has 1 amide bonds. The monoisotopic (exact) mass is 388 g/mol. The number of aromatic nitrogens is 3. The highest BCUT2D eigenvalue weighted by Crippen LogP contribution is 2.18. The second-order valence-corrected chi connectivity index (χ2v) is 7.04. The summed E-state index contributed by atoms with van der Waals surface area (Å²) in [5.41, 5.74) is 3.41. The van der Waals surface area contributed by atoms with Crippen molar-refractivity contribution in [2.45, 2.75) is 13.5 Å². The summed E-state index contributed by atoms with van der Waals surface area (Å²) in [7, 11) is 0. The summed E-state index contributed by atoms with van der Waals surface area (Å²) in [5.74, 6) is 0.420. The van der Waals surface area contributed by atoms with E-state index in [9.17, 15) is 4.79 Å². The van der Waals surface area contributed by atoms with Gasteiger partial charge in [0.05, 0.1) is 0 Å². The molecule has 0 saturated carbocycles. The molecule has 7 nitrogen and oxygen atoms in total. The largest absolute Gasteiger partial charge is 0.368 e. The lowest BCUT2D eigenvalue weighted by Gasteiger charge is -2.36. The molecule has 1 saturated heterocycles. The maximum atomic E-state index is 12.6. The summed E-state index contributed by atoms with van der Waals surface area (Å²) in [6.45, 7) is 5.75. The number of pyridine rings is 1. The number of rotatable bonds is 5. The summed E-state index contributed by atoms with van der Waals surface area (Å²) in [6.07, 6.45) is 3.42. The number of benzene rings is 1. The molecule has 0 spiro atoms. The van der Waals surface area contributed by atoms with Gasteiger partial charge in [-0.3, -0.25) is 9.78 Å². The molecular formula is C22H24N6O. The summed E-state index contributed by atoms with van der Waals surface area (Å²) in [4.78, 5) is 30.2. The van der Waals surface area contributed by atoms with Crippen LogP contribution in [0.2, 0.25) is 0 Å². The van der Waals surface area contributed by atoms with Crippen molar-refractivity contribution in [1.82, 2.24) is 20.3 Å². The first-order chi connectivity index (χ1) is 14.2. The van der Waals surface area contributed by atoms with E-state index in [1.165, 1.54) is 5.69 Å². The van der Waals surface area contributed by atoms with Crippen molar-refractivity contribution in [2.24, 2.45) is 0 Å². The molecule has 1 aromatic carbocycles. The van der Waals surface area contributed by atoms with Crippen LogP contribution in [0.25, 0.3) is 0 Å². The van der Waals surface area contributed by atoms with Crippen LogP contribution in [0.15, 0.2) is 60.9 Å². The molecule has 0 unspecified atom stereocenters. The normalized spacial score (nSPS) is 14.0. The number of anilines is 2. The van der Waals surface area contributed by atoms with Gasteiger partial charge in [-0.1, -0.05) is 18.2 Å². The van der Waals surface area contributed by atoms with Crippen LogP contribution in [-0.2, 0) is 6.54 Å². The standard InChI is InChI=1S/C22H24N6O/c1-17-15-20(21(29)24-16-18-7-9-23-10-8-18)26-22(25-17)28-13-11-27(12-14-28)19-5-3-2-4-6-19/h2-10,15H,11-14,16H2,1H3,(H,24,29). The van der Waals surface area contributed by atoms with Gasteiger partial charge >= 0.3 is 0 Å². The van der Waals surface area contributed by atoms with Crippen LogP contribution < -0.4 is 15.1 Å². The van der Waals surface area contributed by atoms with Crippen molar-refractivity contribution in [2.75, 3.05) is 36.0 Å². The number of piperazine rings is 1. The highest BCUT2D eigenvalue weighted by atomic mass is 16.1. The van der Waals surface area contributed by atoms with Crippen LogP contribution in [0.5, 0.6) is 0 Å². The Hall–Kier alpha value is -3.48. The molecule has 0 atom stereocenters. The van der Waals surface area contributed by atoms with Gasteiger partial charge in [0.15, 0.2) is 0 Å². The molecule has 148 valence electrons. The Morgan fingerprint density at radius 1 is 0.966 bits per heavy atom. The van der Waals surface area contributed by atoms with Crippen molar-refractivity contribution in [3.63, 3.8) is 0 Å². The fourth-order valence-electron chi connectivity index (χ4n) is 3.39. The Bertz CT molecular complexity index is 956. The van der Waals surface area contributed by atoms with Crippen LogP contribution in [-0.4, -0.2) is 47.0 Å². The minimum absolute atomic E-state index is 0.198. The maximum Gasteiger partial charge on any atom is 0.270 e. The van der Waals surface area contributed by atoms with Crippen LogP contribution in [0.3, 0.4) is 0 Å². The first-order valence-electron chi connectivity index (χ1n) is 9.77. The zero-order valence-electron chi connectivity index (χ0n) is 16.5. The number of amides is 1. The molecule has 1 aliphatic rings. The molecule has 7 heteroatoms. The molecule has 1 N–H and O–H groups in total. The Morgan fingerprint density at radius 3 is 2.38 bits per heavy atom. The molecule has 2 aromatic heterocycles. The van der Waals surface area contributed by atoms with E-state index in [1.807, 2.05) is 25.1 Å². The number of nitrogens with one attached hydrogen (secondary N) is 1. The molecule has 29 heavy (non-hydrogen) atoms. The third kappa shape index (κ3) is 4.68. The molecule has 0 aliphatic carbocycles. The second kappa shape index (κ2) is 8.68. The summed E-state index contributed by atoms with van der Waals surface area (Å²) in [5, 5.41) is 2.92. The topological polar surface area (TPSA) is 74.2 Å². The summed E-state index contributed by atoms with van der Waals surface area (Å²) < 4.78 is 0. The minimum atomic E-state index is -0.198. The van der Waals surface area contributed by atoms with E-state index in [4.69, 9.17) is 0 Å². The lowest BCUT2D eigenvalue weighted by Crippen LogP contribution is -2.47. The van der Waals surface area contributed by atoms with E-state index in [0.29, 0.717) is 18.2 Å². The van der Waals surface area contributed by atoms with Gasteiger partial charge in [0.2, 0.25) is 5.95 Å². The first kappa shape index (κ1) is 18.9. The quantitative estimate of drug-likeness (QED) is 0.724. The molecule has 4 rings (SSSR count). The molecular weight excluding hydrogens is 364 g/mol. The van der Waals surface area contributed by atoms with Gasteiger partial charge in [0.1, 0.15) is 5.69 Å². The minimum Gasteiger partial charge on any atom is -0.368 e. The third-order valence-corrected chi connectivity index (χ3v) is 4.96. The number of hydrogen-bond acceptors (Lipinski definition) is 6. The highest BCUT2D eigenvalue weighted by Gasteiger charge is 2.21. The molecule has 1 fully saturated rings. The number of hydrogen-bond donors (Lipinski definition) is 1. The van der Waals surface area contributed by atoms with E-state index in [1.54, 1.807) is 18.5 Å². The Kier molecular flexibility index (Phi) is 5.65. The SMILES string of the molecule is Cc1cc(C(=O)NCc2ccncc2)nc(N2CCN(c3ccccc3)CC2)n1. The fourth-order valence-corrected chi connectivity index (χ4v) is 3.39. The summed E-state index contributed by atoms with van der Waals surface area (Å²) in [6, 6.07) is 15.9. The Morgan fingerprint density at radius 2 is 1.66 bits per heavy atom. The molecule has 3 heterocycles. The van der Waals surface area contributed by atoms with Gasteiger partial charge in [-0.25, -0.2) is 9.97 Å². The fraction of sp³-hybridized carbons (Fsp3) is 0.273. The van der Waals surface area contributed by atoms with Gasteiger partial charge in [-0.15, -0.1) is 0 Å². The summed E-state index contributed by atoms with van der Waals surface area (Å²) >= 11 is 0. The van der Waals surface area contributed by atoms with Crippen LogP contribution in [0.1, 0.15) is 21.7 Å². The number of para-hydroxylation sites is 1. The van der Waals surface area contributed by atoms with E-state index in [0.717, 1.165) is 37.4 Å². The van der Waals surface area contributed by atoms with Crippen molar-refractivity contribution in [1.29, 1.82) is 0 Å². The lowest BCUT2D eigenvalue weighted by atomic mass is 10.2. The zero-order chi connectivity index (χ0) is 20.1. The van der Waals surface area contributed by atoms with Crippen molar-refractivity contribution in [3.05, 3.63) is 77.9 Å². The number of carbonyl (C=O) groups excluding carboxylic acids is 1. The lowest BCUT2D eigenvalue weighted by molar-refractivity contribution is 0.0945. The smallest absolute Gasteiger partial charge is 0.270 e. The molecule has 3 aromatic rings. The second-order valence-electron chi connectivity index (χ2n) is 7.04. The molecule has 0 radical (unpaired) electrons. The number of nitrogens with zero attached hydrogens (tertiary/aromatic N) is 5. The van der Waals surface area contributed by atoms with E-state index < -0.39 is 0 Å². The van der Waals surface area contributed by atoms with E-state index >= 15 is 0 Å². The van der Waals surface area contributed by atoms with Gasteiger partial charge in [0, 0.05) is 56.5 Å². The Balaban J connectivity index is 1.41. The molecule has 1 aliphatic heterocycles.